The van der Waals surface area contributed by atoms with Gasteiger partial charge in [0.25, 0.3) is 0 Å². The summed E-state index contributed by atoms with van der Waals surface area (Å²) >= 11 is 6.01. The molecule has 0 spiro atoms. The van der Waals surface area contributed by atoms with E-state index in [4.69, 9.17) is 11.6 Å². The highest BCUT2D eigenvalue weighted by Gasteiger charge is 2.01. The fourth-order valence-corrected chi connectivity index (χ4v) is 2.04. The molecule has 18 heavy (non-hydrogen) atoms. The second-order valence-corrected chi connectivity index (χ2v) is 4.67. The summed E-state index contributed by atoms with van der Waals surface area (Å²) in [4.78, 5) is 4.18. The first-order chi connectivity index (χ1) is 8.66. The van der Waals surface area contributed by atoms with Gasteiger partial charge in [-0.25, -0.2) is 4.98 Å². The molecule has 0 saturated heterocycles. The fourth-order valence-electron chi connectivity index (χ4n) is 1.85. The first kappa shape index (κ1) is 12.9. The van der Waals surface area contributed by atoms with E-state index < -0.39 is 0 Å². The molecule has 0 aliphatic rings. The molecule has 0 bridgehead atoms. The van der Waals surface area contributed by atoms with Crippen molar-refractivity contribution in [2.45, 2.75) is 26.8 Å². The predicted molar refractivity (Wildman–Crippen MR) is 74.1 cm³/mol. The summed E-state index contributed by atoms with van der Waals surface area (Å²) in [5.74, 6) is 0.743. The van der Waals surface area contributed by atoms with Crippen LogP contribution in [-0.4, -0.2) is 21.3 Å². The van der Waals surface area contributed by atoms with Crippen molar-refractivity contribution in [3.63, 3.8) is 0 Å². The van der Waals surface area contributed by atoms with Gasteiger partial charge in [-0.3, -0.25) is 4.68 Å². The third kappa shape index (κ3) is 3.23. The number of rotatable bonds is 5. The number of aromatic nitrogens is 3. The average Bonchev–Trinajstić information content (AvgIpc) is 2.65. The van der Waals surface area contributed by atoms with Crippen LogP contribution in [0.1, 0.15) is 17.8 Å². The summed E-state index contributed by atoms with van der Waals surface area (Å²) in [5, 5.41) is 8.30. The lowest BCUT2D eigenvalue weighted by Gasteiger charge is -2.07. The Balaban J connectivity index is 1.80. The van der Waals surface area contributed by atoms with Crippen molar-refractivity contribution in [3.05, 3.63) is 40.8 Å². The molecule has 0 radical (unpaired) electrons. The maximum Gasteiger partial charge on any atom is 0.144 e. The lowest BCUT2D eigenvalue weighted by molar-refractivity contribution is 0.573. The average molecular weight is 265 g/mol. The van der Waals surface area contributed by atoms with E-state index in [0.29, 0.717) is 5.02 Å². The Bertz CT molecular complexity index is 521. The maximum atomic E-state index is 6.01. The number of nitrogens with zero attached hydrogens (tertiary/aromatic N) is 3. The van der Waals surface area contributed by atoms with Crippen molar-refractivity contribution in [1.82, 2.24) is 14.8 Å². The molecule has 0 unspecified atom stereocenters. The molecule has 2 heterocycles. The van der Waals surface area contributed by atoms with Gasteiger partial charge >= 0.3 is 0 Å². The summed E-state index contributed by atoms with van der Waals surface area (Å²) in [6.07, 6.45) is 2.71. The summed E-state index contributed by atoms with van der Waals surface area (Å²) in [6, 6.07) is 5.74. The normalized spacial score (nSPS) is 10.6. The third-order valence-electron chi connectivity index (χ3n) is 2.70. The zero-order valence-corrected chi connectivity index (χ0v) is 11.4. The van der Waals surface area contributed by atoms with E-state index in [-0.39, 0.29) is 0 Å². The molecule has 2 rings (SSSR count). The molecule has 0 amide bonds. The highest BCUT2D eigenvalue weighted by atomic mass is 35.5. The summed E-state index contributed by atoms with van der Waals surface area (Å²) in [7, 11) is 0. The number of hydrogen-bond acceptors (Lipinski definition) is 3. The fraction of sp³-hybridized carbons (Fsp3) is 0.385. The number of halogens is 1. The second kappa shape index (κ2) is 5.87. The van der Waals surface area contributed by atoms with Crippen molar-refractivity contribution in [2.24, 2.45) is 0 Å². The maximum absolute atomic E-state index is 6.01. The number of nitrogens with one attached hydrogen (secondary N) is 1. The van der Waals surface area contributed by atoms with Crippen molar-refractivity contribution in [1.29, 1.82) is 0 Å². The number of aryl methyl sites for hydroxylation is 3. The second-order valence-electron chi connectivity index (χ2n) is 4.26. The van der Waals surface area contributed by atoms with Crippen molar-refractivity contribution in [2.75, 3.05) is 11.9 Å². The molecule has 96 valence electrons. The van der Waals surface area contributed by atoms with Crippen LogP contribution in [0.2, 0.25) is 5.02 Å². The molecule has 2 aromatic heterocycles. The van der Waals surface area contributed by atoms with E-state index in [0.717, 1.165) is 31.0 Å². The zero-order valence-electron chi connectivity index (χ0n) is 10.7. The van der Waals surface area contributed by atoms with Crippen molar-refractivity contribution in [3.8, 4) is 0 Å². The van der Waals surface area contributed by atoms with Gasteiger partial charge in [0.2, 0.25) is 0 Å². The largest absolute Gasteiger partial charge is 0.369 e. The standard InChI is InChI=1S/C13H17ClN4/c1-10-9-11(2)18(17-10)8-4-7-16-13-12(14)5-3-6-15-13/h3,5-6,9H,4,7-8H2,1-2H3,(H,15,16). The lowest BCUT2D eigenvalue weighted by Crippen LogP contribution is -2.09. The van der Waals surface area contributed by atoms with Crippen molar-refractivity contribution < 1.29 is 0 Å². The lowest BCUT2D eigenvalue weighted by atomic mass is 10.3. The highest BCUT2D eigenvalue weighted by molar-refractivity contribution is 6.32. The predicted octanol–water partition coefficient (Wildman–Crippen LogP) is 3.05. The Morgan fingerprint density at radius 1 is 1.39 bits per heavy atom. The molecule has 0 aromatic carbocycles. The van der Waals surface area contributed by atoms with E-state index in [1.54, 1.807) is 6.20 Å². The van der Waals surface area contributed by atoms with E-state index in [1.165, 1.54) is 5.69 Å². The SMILES string of the molecule is Cc1cc(C)n(CCCNc2ncccc2Cl)n1. The van der Waals surface area contributed by atoms with Gasteiger partial charge in [0, 0.05) is 25.0 Å². The molecule has 0 aliphatic carbocycles. The molecule has 2 aromatic rings. The van der Waals surface area contributed by atoms with Gasteiger partial charge in [0.05, 0.1) is 10.7 Å². The quantitative estimate of drug-likeness (QED) is 0.844. The van der Waals surface area contributed by atoms with Crippen LogP contribution >= 0.6 is 11.6 Å². The first-order valence-corrected chi connectivity index (χ1v) is 6.40. The molecule has 0 saturated carbocycles. The Kier molecular flexibility index (Phi) is 4.20. The Labute approximate surface area is 112 Å². The van der Waals surface area contributed by atoms with Crippen LogP contribution in [0.3, 0.4) is 0 Å². The molecular weight excluding hydrogens is 248 g/mol. The van der Waals surface area contributed by atoms with Crippen LogP contribution < -0.4 is 5.32 Å². The molecule has 5 heteroatoms. The van der Waals surface area contributed by atoms with Gasteiger partial charge in [0.1, 0.15) is 5.82 Å². The van der Waals surface area contributed by atoms with E-state index in [9.17, 15) is 0 Å². The van der Waals surface area contributed by atoms with Gasteiger partial charge in [-0.15, -0.1) is 0 Å². The minimum Gasteiger partial charge on any atom is -0.369 e. The van der Waals surface area contributed by atoms with Crippen LogP contribution in [0.4, 0.5) is 5.82 Å². The summed E-state index contributed by atoms with van der Waals surface area (Å²) < 4.78 is 2.02. The Morgan fingerprint density at radius 2 is 2.22 bits per heavy atom. The first-order valence-electron chi connectivity index (χ1n) is 6.02. The van der Waals surface area contributed by atoms with Crippen LogP contribution in [0, 0.1) is 13.8 Å². The smallest absolute Gasteiger partial charge is 0.144 e. The zero-order chi connectivity index (χ0) is 13.0. The summed E-state index contributed by atoms with van der Waals surface area (Å²) in [5.41, 5.74) is 2.26. The van der Waals surface area contributed by atoms with Gasteiger partial charge in [-0.1, -0.05) is 11.6 Å². The Morgan fingerprint density at radius 3 is 2.89 bits per heavy atom. The Hall–Kier alpha value is -1.55. The van der Waals surface area contributed by atoms with Gasteiger partial charge in [-0.2, -0.15) is 5.10 Å². The van der Waals surface area contributed by atoms with Gasteiger partial charge < -0.3 is 5.32 Å². The minimum atomic E-state index is 0.656. The molecular formula is C13H17ClN4. The number of pyridine rings is 1. The minimum absolute atomic E-state index is 0.656. The number of anilines is 1. The van der Waals surface area contributed by atoms with Crippen LogP contribution in [0.15, 0.2) is 24.4 Å². The summed E-state index contributed by atoms with van der Waals surface area (Å²) in [6.45, 7) is 5.81. The van der Waals surface area contributed by atoms with Crippen LogP contribution in [0.25, 0.3) is 0 Å². The van der Waals surface area contributed by atoms with Crippen LogP contribution in [0.5, 0.6) is 0 Å². The highest BCUT2D eigenvalue weighted by Crippen LogP contribution is 2.17. The van der Waals surface area contributed by atoms with Gasteiger partial charge in [0.15, 0.2) is 0 Å². The van der Waals surface area contributed by atoms with E-state index >= 15 is 0 Å². The molecule has 4 nitrogen and oxygen atoms in total. The topological polar surface area (TPSA) is 42.7 Å². The number of hydrogen-bond donors (Lipinski definition) is 1. The van der Waals surface area contributed by atoms with Gasteiger partial charge in [-0.05, 0) is 38.5 Å². The van der Waals surface area contributed by atoms with Crippen molar-refractivity contribution >= 4 is 17.4 Å². The van der Waals surface area contributed by atoms with Crippen LogP contribution in [-0.2, 0) is 6.54 Å². The molecule has 1 N–H and O–H groups in total. The molecule has 0 aliphatic heterocycles. The van der Waals surface area contributed by atoms with E-state index in [1.807, 2.05) is 23.7 Å². The molecule has 0 fully saturated rings. The monoisotopic (exact) mass is 264 g/mol. The van der Waals surface area contributed by atoms with E-state index in [2.05, 4.69) is 28.4 Å². The third-order valence-corrected chi connectivity index (χ3v) is 3.01. The molecule has 0 atom stereocenters.